The van der Waals surface area contributed by atoms with E-state index in [2.05, 4.69) is 4.98 Å². The standard InChI is InChI=1S/C11H9FN2O/c12-9-3-1-2-4-10(9)15-8-5-6-14-11(13)7-8/h1-7H,(H2,13,14). The van der Waals surface area contributed by atoms with Gasteiger partial charge in [-0.05, 0) is 18.2 Å². The summed E-state index contributed by atoms with van der Waals surface area (Å²) < 4.78 is 18.5. The number of benzene rings is 1. The molecule has 1 aromatic carbocycles. The quantitative estimate of drug-likeness (QED) is 0.817. The minimum absolute atomic E-state index is 0.170. The van der Waals surface area contributed by atoms with Crippen molar-refractivity contribution in [2.24, 2.45) is 0 Å². The van der Waals surface area contributed by atoms with Crippen LogP contribution in [0.2, 0.25) is 0 Å². The third-order valence-corrected chi connectivity index (χ3v) is 1.82. The number of rotatable bonds is 2. The molecule has 0 bridgehead atoms. The van der Waals surface area contributed by atoms with Gasteiger partial charge in [0, 0.05) is 12.3 Å². The molecule has 1 heterocycles. The van der Waals surface area contributed by atoms with E-state index in [0.29, 0.717) is 11.6 Å². The predicted molar refractivity (Wildman–Crippen MR) is 55.1 cm³/mol. The van der Waals surface area contributed by atoms with E-state index < -0.39 is 5.82 Å². The molecule has 0 radical (unpaired) electrons. The number of halogens is 1. The van der Waals surface area contributed by atoms with Crippen LogP contribution in [0.25, 0.3) is 0 Å². The number of ether oxygens (including phenoxy) is 1. The van der Waals surface area contributed by atoms with Gasteiger partial charge in [0.1, 0.15) is 11.6 Å². The molecule has 1 aromatic heterocycles. The van der Waals surface area contributed by atoms with Crippen molar-refractivity contribution < 1.29 is 9.13 Å². The van der Waals surface area contributed by atoms with Crippen LogP contribution in [0.3, 0.4) is 0 Å². The second-order valence-electron chi connectivity index (χ2n) is 2.95. The maximum Gasteiger partial charge on any atom is 0.165 e. The predicted octanol–water partition coefficient (Wildman–Crippen LogP) is 2.60. The van der Waals surface area contributed by atoms with Crippen LogP contribution in [0.15, 0.2) is 42.6 Å². The van der Waals surface area contributed by atoms with Crippen molar-refractivity contribution in [3.05, 3.63) is 48.4 Å². The van der Waals surface area contributed by atoms with Gasteiger partial charge in [-0.2, -0.15) is 0 Å². The fourth-order valence-corrected chi connectivity index (χ4v) is 1.15. The monoisotopic (exact) mass is 204 g/mol. The van der Waals surface area contributed by atoms with Gasteiger partial charge in [-0.25, -0.2) is 9.37 Å². The van der Waals surface area contributed by atoms with Crippen molar-refractivity contribution in [1.82, 2.24) is 4.98 Å². The Morgan fingerprint density at radius 2 is 2.00 bits per heavy atom. The van der Waals surface area contributed by atoms with Gasteiger partial charge in [0.05, 0.1) is 0 Å². The Labute approximate surface area is 86.3 Å². The number of para-hydroxylation sites is 1. The lowest BCUT2D eigenvalue weighted by Gasteiger charge is -2.06. The molecule has 2 rings (SSSR count). The van der Waals surface area contributed by atoms with Crippen molar-refractivity contribution in [3.63, 3.8) is 0 Å². The van der Waals surface area contributed by atoms with Crippen LogP contribution in [0, 0.1) is 5.82 Å². The van der Waals surface area contributed by atoms with Crippen molar-refractivity contribution in [2.75, 3.05) is 5.73 Å². The molecule has 0 aliphatic rings. The highest BCUT2D eigenvalue weighted by Gasteiger charge is 2.03. The number of pyridine rings is 1. The van der Waals surface area contributed by atoms with Gasteiger partial charge in [-0.15, -0.1) is 0 Å². The lowest BCUT2D eigenvalue weighted by Crippen LogP contribution is -1.92. The van der Waals surface area contributed by atoms with Gasteiger partial charge in [-0.3, -0.25) is 0 Å². The van der Waals surface area contributed by atoms with E-state index in [9.17, 15) is 4.39 Å². The molecule has 0 saturated carbocycles. The molecule has 0 saturated heterocycles. The number of nitrogens with two attached hydrogens (primary N) is 1. The topological polar surface area (TPSA) is 48.1 Å². The number of aromatic nitrogens is 1. The van der Waals surface area contributed by atoms with Gasteiger partial charge in [0.15, 0.2) is 11.6 Å². The number of hydrogen-bond donors (Lipinski definition) is 1. The normalized spacial score (nSPS) is 9.93. The average molecular weight is 204 g/mol. The third kappa shape index (κ3) is 2.22. The van der Waals surface area contributed by atoms with E-state index in [-0.39, 0.29) is 5.75 Å². The minimum atomic E-state index is -0.409. The highest BCUT2D eigenvalue weighted by molar-refractivity contribution is 5.38. The Balaban J connectivity index is 2.26. The lowest BCUT2D eigenvalue weighted by atomic mass is 10.3. The number of anilines is 1. The molecule has 0 unspecified atom stereocenters. The second-order valence-corrected chi connectivity index (χ2v) is 2.95. The van der Waals surface area contributed by atoms with Gasteiger partial charge in [0.25, 0.3) is 0 Å². The van der Waals surface area contributed by atoms with Crippen LogP contribution in [-0.4, -0.2) is 4.98 Å². The molecular formula is C11H9FN2O. The Hall–Kier alpha value is -2.10. The first-order valence-corrected chi connectivity index (χ1v) is 4.39. The Bertz CT molecular complexity index is 474. The highest BCUT2D eigenvalue weighted by atomic mass is 19.1. The zero-order chi connectivity index (χ0) is 10.7. The van der Waals surface area contributed by atoms with Gasteiger partial charge < -0.3 is 10.5 Å². The van der Waals surface area contributed by atoms with Crippen molar-refractivity contribution in [3.8, 4) is 11.5 Å². The SMILES string of the molecule is Nc1cc(Oc2ccccc2F)ccn1. The van der Waals surface area contributed by atoms with Crippen LogP contribution in [0.5, 0.6) is 11.5 Å². The fraction of sp³-hybridized carbons (Fsp3) is 0. The number of nitrogen functional groups attached to an aromatic ring is 1. The van der Waals surface area contributed by atoms with E-state index in [1.165, 1.54) is 18.3 Å². The molecule has 2 N–H and O–H groups in total. The zero-order valence-corrected chi connectivity index (χ0v) is 7.85. The molecule has 0 spiro atoms. The molecule has 0 atom stereocenters. The van der Waals surface area contributed by atoms with E-state index in [0.717, 1.165) is 0 Å². The first-order chi connectivity index (χ1) is 7.25. The molecule has 0 aliphatic carbocycles. The molecule has 0 aliphatic heterocycles. The number of hydrogen-bond acceptors (Lipinski definition) is 3. The lowest BCUT2D eigenvalue weighted by molar-refractivity contribution is 0.442. The van der Waals surface area contributed by atoms with E-state index in [1.807, 2.05) is 0 Å². The summed E-state index contributed by atoms with van der Waals surface area (Å²) in [5.74, 6) is 0.562. The zero-order valence-electron chi connectivity index (χ0n) is 7.85. The average Bonchev–Trinajstić information content (AvgIpc) is 2.22. The molecular weight excluding hydrogens is 195 g/mol. The summed E-state index contributed by atoms with van der Waals surface area (Å²) in [5, 5.41) is 0. The molecule has 3 nitrogen and oxygen atoms in total. The Morgan fingerprint density at radius 3 is 2.73 bits per heavy atom. The van der Waals surface area contributed by atoms with Crippen LogP contribution in [-0.2, 0) is 0 Å². The molecule has 0 amide bonds. The van der Waals surface area contributed by atoms with Gasteiger partial charge >= 0.3 is 0 Å². The number of nitrogens with zero attached hydrogens (tertiary/aromatic N) is 1. The molecule has 0 fully saturated rings. The summed E-state index contributed by atoms with van der Waals surface area (Å²) in [7, 11) is 0. The van der Waals surface area contributed by atoms with Crippen LogP contribution < -0.4 is 10.5 Å². The molecule has 15 heavy (non-hydrogen) atoms. The fourth-order valence-electron chi connectivity index (χ4n) is 1.15. The largest absolute Gasteiger partial charge is 0.454 e. The maximum absolute atomic E-state index is 13.2. The summed E-state index contributed by atoms with van der Waals surface area (Å²) in [4.78, 5) is 3.81. The summed E-state index contributed by atoms with van der Waals surface area (Å²) in [6.45, 7) is 0. The Kier molecular flexibility index (Phi) is 2.49. The molecule has 2 aromatic rings. The highest BCUT2D eigenvalue weighted by Crippen LogP contribution is 2.24. The summed E-state index contributed by atoms with van der Waals surface area (Å²) >= 11 is 0. The van der Waals surface area contributed by atoms with Gasteiger partial charge in [0.2, 0.25) is 0 Å². The van der Waals surface area contributed by atoms with Crippen molar-refractivity contribution in [1.29, 1.82) is 0 Å². The van der Waals surface area contributed by atoms with E-state index >= 15 is 0 Å². The smallest absolute Gasteiger partial charge is 0.165 e. The van der Waals surface area contributed by atoms with Crippen molar-refractivity contribution in [2.45, 2.75) is 0 Å². The van der Waals surface area contributed by atoms with Crippen molar-refractivity contribution >= 4 is 5.82 Å². The van der Waals surface area contributed by atoms with E-state index in [4.69, 9.17) is 10.5 Å². The molecule has 4 heteroatoms. The van der Waals surface area contributed by atoms with Crippen LogP contribution in [0.4, 0.5) is 10.2 Å². The first kappa shape index (κ1) is 9.45. The second kappa shape index (κ2) is 3.96. The van der Waals surface area contributed by atoms with Crippen LogP contribution >= 0.6 is 0 Å². The molecule has 76 valence electrons. The minimum Gasteiger partial charge on any atom is -0.454 e. The third-order valence-electron chi connectivity index (χ3n) is 1.82. The van der Waals surface area contributed by atoms with Crippen LogP contribution in [0.1, 0.15) is 0 Å². The summed E-state index contributed by atoms with van der Waals surface area (Å²) in [5.41, 5.74) is 5.47. The van der Waals surface area contributed by atoms with Gasteiger partial charge in [-0.1, -0.05) is 12.1 Å². The first-order valence-electron chi connectivity index (χ1n) is 4.39. The van der Waals surface area contributed by atoms with E-state index in [1.54, 1.807) is 24.3 Å². The summed E-state index contributed by atoms with van der Waals surface area (Å²) in [6.07, 6.45) is 1.51. The Morgan fingerprint density at radius 1 is 1.20 bits per heavy atom. The maximum atomic E-state index is 13.2. The summed E-state index contributed by atoms with van der Waals surface area (Å²) in [6, 6.07) is 9.33.